The maximum absolute atomic E-state index is 13.8. The molecule has 8 rings (SSSR count). The van der Waals surface area contributed by atoms with Crippen molar-refractivity contribution in [3.8, 4) is 11.5 Å². The molecule has 18 heteroatoms. The van der Waals surface area contributed by atoms with Crippen molar-refractivity contribution in [2.24, 2.45) is 17.9 Å². The van der Waals surface area contributed by atoms with Crippen molar-refractivity contribution in [3.05, 3.63) is 91.2 Å². The second-order valence-corrected chi connectivity index (χ2v) is 19.8. The Bertz CT molecular complexity index is 2950. The predicted molar refractivity (Wildman–Crippen MR) is 263 cm³/mol. The Morgan fingerprint density at radius 1 is 0.773 bits per heavy atom. The Balaban J connectivity index is 1.08. The normalized spacial score (nSPS) is 15.9. The number of halogens is 2. The van der Waals surface area contributed by atoms with Gasteiger partial charge in [-0.3, -0.25) is 14.4 Å². The summed E-state index contributed by atoms with van der Waals surface area (Å²) in [6.45, 7) is 15.6. The zero-order valence-corrected chi connectivity index (χ0v) is 40.2. The molecule has 4 aromatic heterocycles. The van der Waals surface area contributed by atoms with Crippen molar-refractivity contribution in [3.63, 3.8) is 0 Å². The summed E-state index contributed by atoms with van der Waals surface area (Å²) < 4.78 is 15.2. The van der Waals surface area contributed by atoms with E-state index in [2.05, 4.69) is 58.4 Å². The summed E-state index contributed by atoms with van der Waals surface area (Å²) in [5.41, 5.74) is 2.78. The lowest BCUT2D eigenvalue weighted by Crippen LogP contribution is -2.29. The maximum atomic E-state index is 13.8. The first-order chi connectivity index (χ1) is 31.4. The van der Waals surface area contributed by atoms with Crippen molar-refractivity contribution >= 4 is 85.8 Å². The highest BCUT2D eigenvalue weighted by Crippen LogP contribution is 2.36. The molecule has 6 heterocycles. The van der Waals surface area contributed by atoms with E-state index in [-0.39, 0.29) is 63.6 Å². The molecule has 2 aromatic carbocycles. The van der Waals surface area contributed by atoms with Gasteiger partial charge in [-0.15, -0.1) is 0 Å². The van der Waals surface area contributed by atoms with Gasteiger partial charge in [0.25, 0.3) is 17.0 Å². The molecule has 2 aliphatic heterocycles. The lowest BCUT2D eigenvalue weighted by atomic mass is 9.85. The van der Waals surface area contributed by atoms with Gasteiger partial charge < -0.3 is 44.4 Å². The van der Waals surface area contributed by atoms with E-state index in [1.54, 1.807) is 34.5 Å². The van der Waals surface area contributed by atoms with Crippen molar-refractivity contribution in [2.45, 2.75) is 79.9 Å². The molecule has 6 aromatic rings. The molecule has 2 saturated heterocycles. The first kappa shape index (κ1) is 46.4. The number of hydrogen-bond acceptors (Lipinski definition) is 13. The molecule has 2 aliphatic rings. The second kappa shape index (κ2) is 18.6. The number of amides is 1. The largest absolute Gasteiger partial charge is 0.481 e. The van der Waals surface area contributed by atoms with Crippen LogP contribution >= 0.6 is 23.2 Å². The van der Waals surface area contributed by atoms with Gasteiger partial charge in [0.2, 0.25) is 11.9 Å². The molecule has 0 bridgehead atoms. The quantitative estimate of drug-likeness (QED) is 0.100. The number of fused-ring (bicyclic) bond motifs is 2. The fraction of sp³-hybridized carbons (Fsp3) is 0.438. The zero-order chi connectivity index (χ0) is 47.1. The minimum absolute atomic E-state index is 0.0473. The van der Waals surface area contributed by atoms with E-state index in [4.69, 9.17) is 47.6 Å². The van der Waals surface area contributed by atoms with Gasteiger partial charge in [0.15, 0.2) is 29.7 Å². The van der Waals surface area contributed by atoms with Crippen molar-refractivity contribution in [1.82, 2.24) is 34.4 Å². The number of nitrogens with zero attached hydrogens (tertiary/aromatic N) is 8. The van der Waals surface area contributed by atoms with Gasteiger partial charge in [-0.1, -0.05) is 50.9 Å². The van der Waals surface area contributed by atoms with Gasteiger partial charge in [-0.2, -0.15) is 9.97 Å². The molecule has 0 radical (unpaired) electrons. The van der Waals surface area contributed by atoms with E-state index in [0.29, 0.717) is 56.4 Å². The second-order valence-electron chi connectivity index (χ2n) is 19.0. The third kappa shape index (κ3) is 9.99. The summed E-state index contributed by atoms with van der Waals surface area (Å²) in [6, 6.07) is 14.4. The number of nitrogens with one attached hydrogen (secondary N) is 3. The lowest BCUT2D eigenvalue weighted by molar-refractivity contribution is -0.122. The zero-order valence-electron chi connectivity index (χ0n) is 38.7. The monoisotopic (exact) mass is 937 g/mol. The van der Waals surface area contributed by atoms with Gasteiger partial charge in [0.05, 0.1) is 17.2 Å². The van der Waals surface area contributed by atoms with E-state index >= 15 is 0 Å². The van der Waals surface area contributed by atoms with E-state index in [1.807, 2.05) is 50.2 Å². The topological polar surface area (TPSA) is 174 Å². The number of aromatic nitrogens is 6. The number of rotatable bonds is 13. The molecule has 0 aliphatic carbocycles. The van der Waals surface area contributed by atoms with Crippen LogP contribution in [0.4, 0.5) is 34.9 Å². The van der Waals surface area contributed by atoms with E-state index in [1.165, 1.54) is 7.05 Å². The summed E-state index contributed by atoms with van der Waals surface area (Å²) in [7, 11) is 3.21. The summed E-state index contributed by atoms with van der Waals surface area (Å²) in [5, 5.41) is 11.3. The number of carbonyl (C=O) groups excluding carboxylic acids is 1. The summed E-state index contributed by atoms with van der Waals surface area (Å²) in [4.78, 5) is 62.7. The Morgan fingerprint density at radius 2 is 1.41 bits per heavy atom. The van der Waals surface area contributed by atoms with E-state index in [0.717, 1.165) is 62.9 Å². The van der Waals surface area contributed by atoms with Crippen LogP contribution in [0.3, 0.4) is 0 Å². The highest BCUT2D eigenvalue weighted by Gasteiger charge is 2.32. The van der Waals surface area contributed by atoms with Crippen LogP contribution in [0.5, 0.6) is 11.5 Å². The van der Waals surface area contributed by atoms with Gasteiger partial charge in [-0.05, 0) is 98.9 Å². The minimum atomic E-state index is -0.356. The number of benzene rings is 2. The van der Waals surface area contributed by atoms with Gasteiger partial charge >= 0.3 is 0 Å². The molecule has 66 heavy (non-hydrogen) atoms. The Labute approximate surface area is 393 Å². The van der Waals surface area contributed by atoms with Gasteiger partial charge in [0.1, 0.15) is 22.3 Å². The predicted octanol–water partition coefficient (Wildman–Crippen LogP) is 8.76. The average Bonchev–Trinajstić information content (AvgIpc) is 3.54. The molecule has 16 nitrogen and oxygen atoms in total. The van der Waals surface area contributed by atoms with Crippen molar-refractivity contribution < 1.29 is 14.3 Å². The highest BCUT2D eigenvalue weighted by atomic mass is 35.5. The third-order valence-corrected chi connectivity index (χ3v) is 13.1. The van der Waals surface area contributed by atoms with Crippen LogP contribution in [0.2, 0.25) is 10.0 Å². The van der Waals surface area contributed by atoms with E-state index in [9.17, 15) is 14.4 Å². The lowest BCUT2D eigenvalue weighted by Gasteiger charge is -2.23. The van der Waals surface area contributed by atoms with Crippen LogP contribution in [0.15, 0.2) is 64.3 Å². The smallest absolute Gasteiger partial charge is 0.293 e. The van der Waals surface area contributed by atoms with Crippen molar-refractivity contribution in [2.75, 3.05) is 60.3 Å². The Kier molecular flexibility index (Phi) is 13.1. The maximum Gasteiger partial charge on any atom is 0.293 e. The molecule has 0 saturated carbocycles. The fourth-order valence-corrected chi connectivity index (χ4v) is 8.91. The first-order valence-electron chi connectivity index (χ1n) is 22.3. The standard InChI is InChI=1S/C48H57Cl2N11O5/c1-28(2)61-36-13-11-32(21-30(36)23-38(44(61)64)66-26-39(62)51-7)54-42-40(50)34(55-46(57-42)60-19-16-48(5,6)27-60)25-65-37-22-29-20-31(10-12-35(29)58(8)43(37)63)53-41-33(49)24-52-45(56-41)59-17-9-14-47(3,4)15-18-59/h10-13,20-24,28H,9,14-19,25-27H2,1-8H3,(H,51,62)(H,52,53,56)(H,54,55,57). The summed E-state index contributed by atoms with van der Waals surface area (Å²) in [6.07, 6.45) is 5.84. The average molecular weight is 939 g/mol. The number of aryl methyl sites for hydroxylation is 1. The molecule has 0 atom stereocenters. The van der Waals surface area contributed by atoms with Crippen LogP contribution in [-0.4, -0.2) is 74.8 Å². The van der Waals surface area contributed by atoms with Crippen LogP contribution in [0.1, 0.15) is 79.0 Å². The Morgan fingerprint density at radius 3 is 2.09 bits per heavy atom. The van der Waals surface area contributed by atoms with Crippen LogP contribution in [0, 0.1) is 10.8 Å². The number of hydrogen-bond donors (Lipinski definition) is 3. The van der Waals surface area contributed by atoms with E-state index < -0.39 is 0 Å². The molecular formula is C48H57Cl2N11O5. The Hall–Kier alpha value is -6.13. The number of anilines is 6. The van der Waals surface area contributed by atoms with Crippen LogP contribution in [-0.2, 0) is 18.4 Å². The summed E-state index contributed by atoms with van der Waals surface area (Å²) in [5.74, 6) is 1.74. The molecular weight excluding hydrogens is 882 g/mol. The molecule has 0 spiro atoms. The molecule has 2 fully saturated rings. The molecule has 1 amide bonds. The first-order valence-corrected chi connectivity index (χ1v) is 23.1. The molecule has 0 unspecified atom stereocenters. The number of carbonyl (C=O) groups is 1. The molecule has 3 N–H and O–H groups in total. The van der Waals surface area contributed by atoms with Crippen molar-refractivity contribution in [1.29, 1.82) is 0 Å². The van der Waals surface area contributed by atoms with Crippen LogP contribution < -0.4 is 46.3 Å². The summed E-state index contributed by atoms with van der Waals surface area (Å²) >= 11 is 13.8. The molecule has 348 valence electrons. The minimum Gasteiger partial charge on any atom is -0.481 e. The number of pyridine rings is 2. The SMILES string of the molecule is CNC(=O)COc1cc2cc(Nc3nc(N4CCC(C)(C)C4)nc(COc4cc5cc(Nc6nc(N7CCCC(C)(C)CC7)ncc6Cl)ccc5n(C)c4=O)c3Cl)ccc2n(C(C)C)c1=O. The van der Waals surface area contributed by atoms with Crippen LogP contribution in [0.25, 0.3) is 21.8 Å². The fourth-order valence-electron chi connectivity index (χ4n) is 8.59. The van der Waals surface area contributed by atoms with Gasteiger partial charge in [-0.25, -0.2) is 9.97 Å². The highest BCUT2D eigenvalue weighted by molar-refractivity contribution is 6.33. The number of likely N-dealkylation sites (N-methyl/N-ethyl adjacent to an activating group) is 1. The third-order valence-electron chi connectivity index (χ3n) is 12.5. The number of ether oxygens (including phenoxy) is 2. The van der Waals surface area contributed by atoms with Gasteiger partial charge in [0, 0.05) is 68.5 Å².